The summed E-state index contributed by atoms with van der Waals surface area (Å²) in [5.74, 6) is 0.755. The molecule has 110 valence electrons. The lowest BCUT2D eigenvalue weighted by Gasteiger charge is -2.46. The van der Waals surface area contributed by atoms with Gasteiger partial charge in [-0.05, 0) is 38.5 Å². The molecule has 1 fully saturated rings. The van der Waals surface area contributed by atoms with Crippen LogP contribution >= 0.6 is 0 Å². The second-order valence-electron chi connectivity index (χ2n) is 6.02. The van der Waals surface area contributed by atoms with Gasteiger partial charge in [-0.15, -0.1) is 0 Å². The van der Waals surface area contributed by atoms with E-state index >= 15 is 0 Å². The Bertz CT molecular complexity index is 496. The molecule has 1 aliphatic rings. The Balaban J connectivity index is 2.15. The molecule has 5 heteroatoms. The molecule has 1 heterocycles. The number of rotatable bonds is 2. The third-order valence-electron chi connectivity index (χ3n) is 3.21. The molecule has 1 aromatic carbocycles. The van der Waals surface area contributed by atoms with E-state index in [9.17, 15) is 4.79 Å². The van der Waals surface area contributed by atoms with E-state index < -0.39 is 5.60 Å². The molecular weight excluding hydrogens is 256 g/mol. The monoisotopic (exact) mass is 278 g/mol. The van der Waals surface area contributed by atoms with E-state index in [1.807, 2.05) is 45.0 Å². The zero-order chi connectivity index (χ0) is 14.9. The lowest BCUT2D eigenvalue weighted by molar-refractivity contribution is -0.0134. The lowest BCUT2D eigenvalue weighted by atomic mass is 9.90. The van der Waals surface area contributed by atoms with Crippen molar-refractivity contribution in [1.82, 2.24) is 4.90 Å². The van der Waals surface area contributed by atoms with Crippen molar-refractivity contribution in [2.45, 2.75) is 38.5 Å². The fourth-order valence-electron chi connectivity index (χ4n) is 2.29. The van der Waals surface area contributed by atoms with Gasteiger partial charge in [0, 0.05) is 12.6 Å². The Labute approximate surface area is 119 Å². The van der Waals surface area contributed by atoms with Crippen molar-refractivity contribution in [1.29, 1.82) is 0 Å². The van der Waals surface area contributed by atoms with Crippen LogP contribution in [0, 0.1) is 0 Å². The minimum Gasteiger partial charge on any atom is -0.497 e. The molecule has 2 atom stereocenters. The molecule has 0 radical (unpaired) electrons. The van der Waals surface area contributed by atoms with Gasteiger partial charge in [0.15, 0.2) is 0 Å². The van der Waals surface area contributed by atoms with E-state index in [1.54, 1.807) is 12.0 Å². The zero-order valence-electron chi connectivity index (χ0n) is 12.4. The highest BCUT2D eigenvalue weighted by Gasteiger charge is 2.42. The fraction of sp³-hybridized carbons (Fsp3) is 0.533. The van der Waals surface area contributed by atoms with Crippen molar-refractivity contribution < 1.29 is 14.3 Å². The largest absolute Gasteiger partial charge is 0.497 e. The van der Waals surface area contributed by atoms with Gasteiger partial charge < -0.3 is 15.2 Å². The normalized spacial score (nSPS) is 22.1. The molecule has 2 unspecified atom stereocenters. The maximum Gasteiger partial charge on any atom is 0.410 e. The van der Waals surface area contributed by atoms with Crippen molar-refractivity contribution in [3.05, 3.63) is 29.8 Å². The highest BCUT2D eigenvalue weighted by molar-refractivity contribution is 5.70. The van der Waals surface area contributed by atoms with Gasteiger partial charge in [0.1, 0.15) is 11.4 Å². The second kappa shape index (κ2) is 5.32. The number of amides is 1. The third kappa shape index (κ3) is 3.04. The molecule has 0 saturated carbocycles. The number of hydrogen-bond donors (Lipinski definition) is 1. The first kappa shape index (κ1) is 14.7. The van der Waals surface area contributed by atoms with Gasteiger partial charge in [0.25, 0.3) is 0 Å². The van der Waals surface area contributed by atoms with Crippen LogP contribution in [0.25, 0.3) is 0 Å². The third-order valence-corrected chi connectivity index (χ3v) is 3.21. The number of carbonyl (C=O) groups is 1. The van der Waals surface area contributed by atoms with Crippen molar-refractivity contribution >= 4 is 6.09 Å². The molecule has 2 rings (SSSR count). The van der Waals surface area contributed by atoms with E-state index in [2.05, 4.69) is 0 Å². The van der Waals surface area contributed by atoms with Gasteiger partial charge in [-0.3, -0.25) is 4.90 Å². The Morgan fingerprint density at radius 3 is 2.65 bits per heavy atom. The summed E-state index contributed by atoms with van der Waals surface area (Å²) in [7, 11) is 1.62. The SMILES string of the molecule is COc1cccc(C2C(N)CN2C(=O)OC(C)(C)C)c1. The Morgan fingerprint density at radius 2 is 2.10 bits per heavy atom. The van der Waals surface area contributed by atoms with Crippen LogP contribution in [-0.2, 0) is 4.74 Å². The molecule has 0 bridgehead atoms. The van der Waals surface area contributed by atoms with E-state index in [0.29, 0.717) is 6.54 Å². The summed E-state index contributed by atoms with van der Waals surface area (Å²) < 4.78 is 10.6. The van der Waals surface area contributed by atoms with E-state index in [-0.39, 0.29) is 18.2 Å². The molecule has 20 heavy (non-hydrogen) atoms. The molecule has 1 aromatic rings. The number of ether oxygens (including phenoxy) is 2. The summed E-state index contributed by atoms with van der Waals surface area (Å²) in [5.41, 5.74) is 6.51. The highest BCUT2D eigenvalue weighted by Crippen LogP contribution is 2.35. The molecule has 2 N–H and O–H groups in total. The molecule has 0 spiro atoms. The van der Waals surface area contributed by atoms with Crippen LogP contribution in [0.15, 0.2) is 24.3 Å². The average molecular weight is 278 g/mol. The first-order valence-electron chi connectivity index (χ1n) is 6.71. The highest BCUT2D eigenvalue weighted by atomic mass is 16.6. The molecule has 1 amide bonds. The Hall–Kier alpha value is -1.75. The number of hydrogen-bond acceptors (Lipinski definition) is 4. The average Bonchev–Trinajstić information content (AvgIpc) is 2.33. The number of nitrogens with two attached hydrogens (primary N) is 1. The van der Waals surface area contributed by atoms with Gasteiger partial charge >= 0.3 is 6.09 Å². The Kier molecular flexibility index (Phi) is 3.90. The number of benzene rings is 1. The van der Waals surface area contributed by atoms with Crippen molar-refractivity contribution in [2.24, 2.45) is 5.73 Å². The van der Waals surface area contributed by atoms with E-state index in [1.165, 1.54) is 0 Å². The van der Waals surface area contributed by atoms with Crippen molar-refractivity contribution in [2.75, 3.05) is 13.7 Å². The number of carbonyl (C=O) groups excluding carboxylic acids is 1. The summed E-state index contributed by atoms with van der Waals surface area (Å²) in [5, 5.41) is 0. The zero-order valence-corrected chi connectivity index (χ0v) is 12.4. The minimum absolute atomic E-state index is 0.0744. The number of likely N-dealkylation sites (tertiary alicyclic amines) is 1. The summed E-state index contributed by atoms with van der Waals surface area (Å²) in [6.45, 7) is 6.07. The number of nitrogens with zero attached hydrogens (tertiary/aromatic N) is 1. The van der Waals surface area contributed by atoms with Gasteiger partial charge in [0.2, 0.25) is 0 Å². The molecule has 0 aromatic heterocycles. The van der Waals surface area contributed by atoms with Gasteiger partial charge in [-0.2, -0.15) is 0 Å². The minimum atomic E-state index is -0.504. The summed E-state index contributed by atoms with van der Waals surface area (Å²) >= 11 is 0. The van der Waals surface area contributed by atoms with E-state index in [0.717, 1.165) is 11.3 Å². The van der Waals surface area contributed by atoms with Crippen LogP contribution in [0.4, 0.5) is 4.79 Å². The van der Waals surface area contributed by atoms with Crippen LogP contribution in [0.1, 0.15) is 32.4 Å². The standard InChI is InChI=1S/C15H22N2O3/c1-15(2,3)20-14(18)17-9-12(16)13(17)10-6-5-7-11(8-10)19-4/h5-8,12-13H,9,16H2,1-4H3. The lowest BCUT2D eigenvalue weighted by Crippen LogP contribution is -2.60. The summed E-state index contributed by atoms with van der Waals surface area (Å²) in [6, 6.07) is 7.39. The molecule has 1 aliphatic heterocycles. The topological polar surface area (TPSA) is 64.8 Å². The van der Waals surface area contributed by atoms with Crippen LogP contribution in [0.2, 0.25) is 0 Å². The molecular formula is C15H22N2O3. The number of methoxy groups -OCH3 is 1. The second-order valence-corrected chi connectivity index (χ2v) is 6.02. The van der Waals surface area contributed by atoms with Gasteiger partial charge in [-0.1, -0.05) is 12.1 Å². The predicted octanol–water partition coefficient (Wildman–Crippen LogP) is 2.31. The first-order chi connectivity index (χ1) is 9.31. The maximum atomic E-state index is 12.1. The van der Waals surface area contributed by atoms with Crippen LogP contribution in [0.5, 0.6) is 5.75 Å². The van der Waals surface area contributed by atoms with E-state index in [4.69, 9.17) is 15.2 Å². The maximum absolute atomic E-state index is 12.1. The van der Waals surface area contributed by atoms with Crippen LogP contribution < -0.4 is 10.5 Å². The predicted molar refractivity (Wildman–Crippen MR) is 76.7 cm³/mol. The van der Waals surface area contributed by atoms with Crippen molar-refractivity contribution in [3.8, 4) is 5.75 Å². The van der Waals surface area contributed by atoms with Gasteiger partial charge in [0.05, 0.1) is 13.2 Å². The fourth-order valence-corrected chi connectivity index (χ4v) is 2.29. The van der Waals surface area contributed by atoms with Crippen molar-refractivity contribution in [3.63, 3.8) is 0 Å². The van der Waals surface area contributed by atoms with Gasteiger partial charge in [-0.25, -0.2) is 4.79 Å². The molecule has 5 nitrogen and oxygen atoms in total. The Morgan fingerprint density at radius 1 is 1.40 bits per heavy atom. The summed E-state index contributed by atoms with van der Waals surface area (Å²) in [4.78, 5) is 13.8. The summed E-state index contributed by atoms with van der Waals surface area (Å²) in [6.07, 6.45) is -0.327. The van der Waals surface area contributed by atoms with Crippen LogP contribution in [-0.4, -0.2) is 36.3 Å². The first-order valence-corrected chi connectivity index (χ1v) is 6.71. The molecule has 0 aliphatic carbocycles. The quantitative estimate of drug-likeness (QED) is 0.901. The van der Waals surface area contributed by atoms with Crippen LogP contribution in [0.3, 0.4) is 0 Å². The molecule has 1 saturated heterocycles. The smallest absolute Gasteiger partial charge is 0.410 e.